The number of carbonyl (C=O) groups excluding carboxylic acids is 1. The van der Waals surface area contributed by atoms with E-state index >= 15 is 0 Å². The molecule has 0 atom stereocenters. The molecule has 5 nitrogen and oxygen atoms in total. The van der Waals surface area contributed by atoms with Crippen LogP contribution >= 0.6 is 0 Å². The van der Waals surface area contributed by atoms with Crippen LogP contribution in [0.4, 0.5) is 0 Å². The monoisotopic (exact) mass is 361 g/mol. The van der Waals surface area contributed by atoms with Gasteiger partial charge in [-0.25, -0.2) is 0 Å². The average molecular weight is 361 g/mol. The highest BCUT2D eigenvalue weighted by atomic mass is 16.4. The minimum atomic E-state index is 0.123. The summed E-state index contributed by atoms with van der Waals surface area (Å²) in [6.07, 6.45) is 2.69. The lowest BCUT2D eigenvalue weighted by atomic mass is 9.93. The lowest BCUT2D eigenvalue weighted by Gasteiger charge is -2.31. The van der Waals surface area contributed by atoms with Gasteiger partial charge in [0.1, 0.15) is 0 Å². The third kappa shape index (κ3) is 4.08. The van der Waals surface area contributed by atoms with Gasteiger partial charge < -0.3 is 9.32 Å². The second-order valence-electron chi connectivity index (χ2n) is 7.17. The van der Waals surface area contributed by atoms with Gasteiger partial charge in [0, 0.05) is 30.6 Å². The van der Waals surface area contributed by atoms with Crippen LogP contribution in [0.15, 0.2) is 59.0 Å². The molecule has 1 saturated heterocycles. The van der Waals surface area contributed by atoms with E-state index in [4.69, 9.17) is 4.42 Å². The lowest BCUT2D eigenvalue weighted by Crippen LogP contribution is -2.38. The summed E-state index contributed by atoms with van der Waals surface area (Å²) in [5, 5.41) is 8.36. The van der Waals surface area contributed by atoms with Crippen LogP contribution in [0.25, 0.3) is 11.5 Å². The summed E-state index contributed by atoms with van der Waals surface area (Å²) in [6, 6.07) is 17.6. The molecule has 5 heteroatoms. The van der Waals surface area contributed by atoms with Crippen LogP contribution in [-0.2, 0) is 6.42 Å². The Hall–Kier alpha value is -2.95. The highest BCUT2D eigenvalue weighted by Crippen LogP contribution is 2.24. The van der Waals surface area contributed by atoms with Gasteiger partial charge in [0.25, 0.3) is 5.91 Å². The van der Waals surface area contributed by atoms with Gasteiger partial charge in [0.05, 0.1) is 0 Å². The van der Waals surface area contributed by atoms with Crippen molar-refractivity contribution in [1.82, 2.24) is 15.1 Å². The quantitative estimate of drug-likeness (QED) is 0.701. The molecule has 138 valence electrons. The molecule has 0 unspecified atom stereocenters. The largest absolute Gasteiger partial charge is 0.421 e. The van der Waals surface area contributed by atoms with Gasteiger partial charge in [-0.15, -0.1) is 10.2 Å². The van der Waals surface area contributed by atoms with E-state index in [2.05, 4.69) is 10.2 Å². The molecule has 0 N–H and O–H groups in total. The Balaban J connectivity index is 1.33. The van der Waals surface area contributed by atoms with Crippen LogP contribution in [0.1, 0.15) is 34.7 Å². The molecular weight excluding hydrogens is 338 g/mol. The molecule has 0 bridgehead atoms. The van der Waals surface area contributed by atoms with Gasteiger partial charge in [0.2, 0.25) is 11.8 Å². The van der Waals surface area contributed by atoms with Gasteiger partial charge in [-0.3, -0.25) is 4.79 Å². The van der Waals surface area contributed by atoms with Crippen molar-refractivity contribution in [2.24, 2.45) is 5.92 Å². The Kier molecular flexibility index (Phi) is 5.01. The second kappa shape index (κ2) is 7.74. The lowest BCUT2D eigenvalue weighted by molar-refractivity contribution is 0.0688. The SMILES string of the molecule is Cc1ccc(C(=O)N2CCC(Cc3nnc(-c4ccccc4)o3)CC2)cc1. The minimum absolute atomic E-state index is 0.123. The minimum Gasteiger partial charge on any atom is -0.421 e. The molecule has 0 spiro atoms. The number of aryl methyl sites for hydroxylation is 1. The predicted octanol–water partition coefficient (Wildman–Crippen LogP) is 4.14. The predicted molar refractivity (Wildman–Crippen MR) is 103 cm³/mol. The summed E-state index contributed by atoms with van der Waals surface area (Å²) in [5.74, 6) is 1.84. The van der Waals surface area contributed by atoms with E-state index in [1.165, 1.54) is 5.56 Å². The zero-order valence-corrected chi connectivity index (χ0v) is 15.5. The van der Waals surface area contributed by atoms with Gasteiger partial charge in [-0.05, 0) is 49.9 Å². The molecular formula is C22H23N3O2. The van der Waals surface area contributed by atoms with Crippen LogP contribution in [0, 0.1) is 12.8 Å². The van der Waals surface area contributed by atoms with Crippen molar-refractivity contribution in [2.45, 2.75) is 26.2 Å². The molecule has 3 aromatic rings. The summed E-state index contributed by atoms with van der Waals surface area (Å²) in [7, 11) is 0. The Labute approximate surface area is 159 Å². The number of rotatable bonds is 4. The van der Waals surface area contributed by atoms with E-state index in [0.717, 1.165) is 43.5 Å². The maximum Gasteiger partial charge on any atom is 0.253 e. The number of piperidine rings is 1. The number of likely N-dealkylation sites (tertiary alicyclic amines) is 1. The van der Waals surface area contributed by atoms with Crippen LogP contribution in [0.3, 0.4) is 0 Å². The van der Waals surface area contributed by atoms with Crippen molar-refractivity contribution in [2.75, 3.05) is 13.1 Å². The van der Waals surface area contributed by atoms with Crippen molar-refractivity contribution in [1.29, 1.82) is 0 Å². The van der Waals surface area contributed by atoms with Crippen molar-refractivity contribution in [3.63, 3.8) is 0 Å². The van der Waals surface area contributed by atoms with Gasteiger partial charge in [-0.2, -0.15) is 0 Å². The Morgan fingerprint density at radius 3 is 2.44 bits per heavy atom. The third-order valence-electron chi connectivity index (χ3n) is 5.15. The normalized spacial score (nSPS) is 15.1. The molecule has 0 saturated carbocycles. The van der Waals surface area contributed by atoms with Crippen LogP contribution < -0.4 is 0 Å². The maximum atomic E-state index is 12.6. The number of benzene rings is 2. The Morgan fingerprint density at radius 2 is 1.74 bits per heavy atom. The first kappa shape index (κ1) is 17.5. The highest BCUT2D eigenvalue weighted by molar-refractivity contribution is 5.94. The number of hydrogen-bond donors (Lipinski definition) is 0. The number of aromatic nitrogens is 2. The summed E-state index contributed by atoms with van der Waals surface area (Å²) in [6.45, 7) is 3.58. The topological polar surface area (TPSA) is 59.2 Å². The zero-order chi connectivity index (χ0) is 18.6. The molecule has 1 amide bonds. The van der Waals surface area contributed by atoms with Crippen molar-refractivity contribution >= 4 is 5.91 Å². The molecule has 1 aliphatic heterocycles. The van der Waals surface area contributed by atoms with Crippen LogP contribution in [-0.4, -0.2) is 34.1 Å². The van der Waals surface area contributed by atoms with Crippen molar-refractivity contribution < 1.29 is 9.21 Å². The summed E-state index contributed by atoms with van der Waals surface area (Å²) in [4.78, 5) is 14.6. The molecule has 1 aromatic heterocycles. The first-order valence-corrected chi connectivity index (χ1v) is 9.43. The van der Waals surface area contributed by atoms with Crippen LogP contribution in [0.5, 0.6) is 0 Å². The van der Waals surface area contributed by atoms with Gasteiger partial charge in [0.15, 0.2) is 0 Å². The molecule has 1 fully saturated rings. The molecule has 0 radical (unpaired) electrons. The van der Waals surface area contributed by atoms with Crippen molar-refractivity contribution in [3.05, 3.63) is 71.6 Å². The number of carbonyl (C=O) groups is 1. The first-order chi connectivity index (χ1) is 13.2. The number of nitrogens with zero attached hydrogens (tertiary/aromatic N) is 3. The fraction of sp³-hybridized carbons (Fsp3) is 0.318. The van der Waals surface area contributed by atoms with Crippen molar-refractivity contribution in [3.8, 4) is 11.5 Å². The van der Waals surface area contributed by atoms with Gasteiger partial charge >= 0.3 is 0 Å². The van der Waals surface area contributed by atoms with Crippen LogP contribution in [0.2, 0.25) is 0 Å². The fourth-order valence-corrected chi connectivity index (χ4v) is 3.50. The molecule has 1 aliphatic rings. The average Bonchev–Trinajstić information content (AvgIpc) is 3.18. The highest BCUT2D eigenvalue weighted by Gasteiger charge is 2.25. The number of amides is 1. The van der Waals surface area contributed by atoms with E-state index in [1.54, 1.807) is 0 Å². The fourth-order valence-electron chi connectivity index (χ4n) is 3.50. The molecule has 27 heavy (non-hydrogen) atoms. The maximum absolute atomic E-state index is 12.6. The van der Waals surface area contributed by atoms with E-state index in [-0.39, 0.29) is 5.91 Å². The Morgan fingerprint density at radius 1 is 1.04 bits per heavy atom. The van der Waals surface area contributed by atoms with E-state index in [0.29, 0.717) is 17.7 Å². The van der Waals surface area contributed by atoms with E-state index < -0.39 is 0 Å². The van der Waals surface area contributed by atoms with E-state index in [1.807, 2.05) is 66.4 Å². The number of hydrogen-bond acceptors (Lipinski definition) is 4. The molecule has 2 aromatic carbocycles. The summed E-state index contributed by atoms with van der Waals surface area (Å²) in [5.41, 5.74) is 2.87. The molecule has 0 aliphatic carbocycles. The standard InChI is InChI=1S/C22H23N3O2/c1-16-7-9-19(10-8-16)22(26)25-13-11-17(12-14-25)15-20-23-24-21(27-20)18-5-3-2-4-6-18/h2-10,17H,11-15H2,1H3. The van der Waals surface area contributed by atoms with Gasteiger partial charge in [-0.1, -0.05) is 35.9 Å². The summed E-state index contributed by atoms with van der Waals surface area (Å²) >= 11 is 0. The molecule has 2 heterocycles. The molecule has 4 rings (SSSR count). The smallest absolute Gasteiger partial charge is 0.253 e. The van der Waals surface area contributed by atoms with E-state index in [9.17, 15) is 4.79 Å². The first-order valence-electron chi connectivity index (χ1n) is 9.43. The summed E-state index contributed by atoms with van der Waals surface area (Å²) < 4.78 is 5.82. The third-order valence-corrected chi connectivity index (χ3v) is 5.15. The second-order valence-corrected chi connectivity index (χ2v) is 7.17. The Bertz CT molecular complexity index is 895. The zero-order valence-electron chi connectivity index (χ0n) is 15.5.